The Morgan fingerprint density at radius 2 is 2.30 bits per heavy atom. The van der Waals surface area contributed by atoms with Crippen LogP contribution in [0.15, 0.2) is 15.7 Å². The van der Waals surface area contributed by atoms with Gasteiger partial charge in [0.25, 0.3) is 10.0 Å². The first-order valence-electron chi connectivity index (χ1n) is 6.65. The van der Waals surface area contributed by atoms with Crippen LogP contribution in [0.2, 0.25) is 0 Å². The van der Waals surface area contributed by atoms with Crippen molar-refractivity contribution in [1.82, 2.24) is 4.31 Å². The molecular formula is C13H17NO4S2. The van der Waals surface area contributed by atoms with Gasteiger partial charge in [0, 0.05) is 13.1 Å². The summed E-state index contributed by atoms with van der Waals surface area (Å²) in [6.07, 6.45) is 2.27. The zero-order chi connectivity index (χ0) is 14.5. The molecule has 3 rings (SSSR count). The number of hydrogen-bond donors (Lipinski definition) is 1. The Morgan fingerprint density at radius 1 is 1.55 bits per heavy atom. The summed E-state index contributed by atoms with van der Waals surface area (Å²) >= 11 is 1.20. The van der Waals surface area contributed by atoms with Crippen molar-refractivity contribution < 1.29 is 18.3 Å². The number of aliphatic carboxylic acids is 1. The third-order valence-corrected chi connectivity index (χ3v) is 7.91. The molecule has 1 aromatic heterocycles. The standard InChI is InChI=1S/C13H17NO4S2/c1-9-5-11(19-7-9)20(17,18)14-6-10-3-2-4-13(10,8-14)12(15)16/h5,7,10H,2-4,6,8H2,1H3,(H,15,16)/t10-,13+/m0/s1. The summed E-state index contributed by atoms with van der Waals surface area (Å²) < 4.78 is 26.9. The SMILES string of the molecule is Cc1csc(S(=O)(=O)N2C[C@@H]3CCC[C@@]3(C(=O)O)C2)c1. The van der Waals surface area contributed by atoms with Gasteiger partial charge in [-0.25, -0.2) is 8.42 Å². The fourth-order valence-electron chi connectivity index (χ4n) is 3.44. The molecule has 0 spiro atoms. The Kier molecular flexibility index (Phi) is 3.19. The third kappa shape index (κ3) is 1.91. The Balaban J connectivity index is 1.92. The van der Waals surface area contributed by atoms with Crippen molar-refractivity contribution in [3.63, 3.8) is 0 Å². The highest BCUT2D eigenvalue weighted by atomic mass is 32.2. The van der Waals surface area contributed by atoms with E-state index in [-0.39, 0.29) is 12.5 Å². The molecule has 0 unspecified atom stereocenters. The lowest BCUT2D eigenvalue weighted by atomic mass is 9.81. The summed E-state index contributed by atoms with van der Waals surface area (Å²) in [6.45, 7) is 2.31. The highest BCUT2D eigenvalue weighted by Gasteiger charge is 2.57. The second-order valence-electron chi connectivity index (χ2n) is 5.79. The maximum Gasteiger partial charge on any atom is 0.311 e. The molecule has 2 fully saturated rings. The summed E-state index contributed by atoms with van der Waals surface area (Å²) in [5, 5.41) is 11.3. The van der Waals surface area contributed by atoms with Crippen LogP contribution in [0.4, 0.5) is 0 Å². The molecular weight excluding hydrogens is 298 g/mol. The number of carboxylic acids is 1. The fourth-order valence-corrected chi connectivity index (χ4v) is 6.38. The number of aryl methyl sites for hydroxylation is 1. The Bertz CT molecular complexity index is 651. The minimum Gasteiger partial charge on any atom is -0.481 e. The van der Waals surface area contributed by atoms with Gasteiger partial charge in [0.1, 0.15) is 4.21 Å². The summed E-state index contributed by atoms with van der Waals surface area (Å²) in [5.41, 5.74) is 0.0558. The van der Waals surface area contributed by atoms with Crippen molar-refractivity contribution in [3.8, 4) is 0 Å². The molecule has 5 nitrogen and oxygen atoms in total. The van der Waals surface area contributed by atoms with Crippen LogP contribution in [-0.2, 0) is 14.8 Å². The number of carbonyl (C=O) groups is 1. The van der Waals surface area contributed by atoms with Crippen LogP contribution in [0.25, 0.3) is 0 Å². The summed E-state index contributed by atoms with van der Waals surface area (Å²) in [6, 6.07) is 1.65. The lowest BCUT2D eigenvalue weighted by molar-refractivity contribution is -0.149. The average Bonchev–Trinajstić information content (AvgIpc) is 3.00. The first kappa shape index (κ1) is 14.0. The minimum absolute atomic E-state index is 0.0455. The largest absolute Gasteiger partial charge is 0.481 e. The van der Waals surface area contributed by atoms with Gasteiger partial charge in [0.05, 0.1) is 5.41 Å². The molecule has 20 heavy (non-hydrogen) atoms. The van der Waals surface area contributed by atoms with Gasteiger partial charge in [-0.3, -0.25) is 4.79 Å². The zero-order valence-corrected chi connectivity index (χ0v) is 12.8. The maximum atomic E-state index is 12.6. The molecule has 1 saturated heterocycles. The molecule has 7 heteroatoms. The maximum absolute atomic E-state index is 12.6. The van der Waals surface area contributed by atoms with Gasteiger partial charge >= 0.3 is 5.97 Å². The summed E-state index contributed by atoms with van der Waals surface area (Å²) in [4.78, 5) is 11.6. The molecule has 2 atom stereocenters. The Labute approximate surface area is 122 Å². The van der Waals surface area contributed by atoms with E-state index in [0.29, 0.717) is 17.2 Å². The van der Waals surface area contributed by atoms with Crippen LogP contribution >= 0.6 is 11.3 Å². The number of rotatable bonds is 3. The fraction of sp³-hybridized carbons (Fsp3) is 0.615. The zero-order valence-electron chi connectivity index (χ0n) is 11.2. The molecule has 0 amide bonds. The van der Waals surface area contributed by atoms with Crippen LogP contribution in [0.1, 0.15) is 24.8 Å². The number of carboxylic acid groups (broad SMARTS) is 1. The monoisotopic (exact) mass is 315 g/mol. The van der Waals surface area contributed by atoms with Crippen molar-refractivity contribution in [2.24, 2.45) is 11.3 Å². The molecule has 0 radical (unpaired) electrons. The molecule has 2 heterocycles. The molecule has 1 aliphatic carbocycles. The van der Waals surface area contributed by atoms with Crippen LogP contribution < -0.4 is 0 Å². The van der Waals surface area contributed by atoms with Crippen LogP contribution in [-0.4, -0.2) is 36.9 Å². The van der Waals surface area contributed by atoms with E-state index >= 15 is 0 Å². The molecule has 1 saturated carbocycles. The van der Waals surface area contributed by atoms with Gasteiger partial charge in [-0.05, 0) is 42.7 Å². The van der Waals surface area contributed by atoms with Crippen LogP contribution in [0.3, 0.4) is 0 Å². The van der Waals surface area contributed by atoms with Gasteiger partial charge in [-0.2, -0.15) is 4.31 Å². The highest BCUT2D eigenvalue weighted by Crippen LogP contribution is 2.50. The average molecular weight is 315 g/mol. The highest BCUT2D eigenvalue weighted by molar-refractivity contribution is 7.91. The van der Waals surface area contributed by atoms with Crippen molar-refractivity contribution in [1.29, 1.82) is 0 Å². The van der Waals surface area contributed by atoms with Crippen molar-refractivity contribution in [2.75, 3.05) is 13.1 Å². The lowest BCUT2D eigenvalue weighted by Gasteiger charge is -2.23. The van der Waals surface area contributed by atoms with Gasteiger partial charge in [-0.15, -0.1) is 11.3 Å². The van der Waals surface area contributed by atoms with E-state index < -0.39 is 21.4 Å². The number of hydrogen-bond acceptors (Lipinski definition) is 4. The van der Waals surface area contributed by atoms with Gasteiger partial charge in [0.15, 0.2) is 0 Å². The van der Waals surface area contributed by atoms with E-state index in [4.69, 9.17) is 0 Å². The Hall–Kier alpha value is -0.920. The van der Waals surface area contributed by atoms with Crippen molar-refractivity contribution >= 4 is 27.3 Å². The van der Waals surface area contributed by atoms with E-state index in [2.05, 4.69) is 0 Å². The molecule has 0 bridgehead atoms. The van der Waals surface area contributed by atoms with E-state index in [1.165, 1.54) is 15.6 Å². The predicted molar refractivity (Wildman–Crippen MR) is 75.2 cm³/mol. The normalized spacial score (nSPS) is 30.6. The second kappa shape index (κ2) is 4.54. The van der Waals surface area contributed by atoms with E-state index in [9.17, 15) is 18.3 Å². The van der Waals surface area contributed by atoms with Crippen molar-refractivity contribution in [3.05, 3.63) is 17.0 Å². The minimum atomic E-state index is -3.54. The van der Waals surface area contributed by atoms with Crippen LogP contribution in [0.5, 0.6) is 0 Å². The number of sulfonamides is 1. The molecule has 1 N–H and O–H groups in total. The summed E-state index contributed by atoms with van der Waals surface area (Å²) in [5.74, 6) is -0.893. The predicted octanol–water partition coefficient (Wildman–Crippen LogP) is 1.93. The summed E-state index contributed by atoms with van der Waals surface area (Å²) in [7, 11) is -3.54. The van der Waals surface area contributed by atoms with E-state index in [1.54, 1.807) is 11.4 Å². The van der Waals surface area contributed by atoms with E-state index in [0.717, 1.165) is 18.4 Å². The molecule has 1 aliphatic heterocycles. The number of thiophene rings is 1. The van der Waals surface area contributed by atoms with Gasteiger partial charge in [-0.1, -0.05) is 6.42 Å². The quantitative estimate of drug-likeness (QED) is 0.925. The van der Waals surface area contributed by atoms with E-state index in [1.807, 2.05) is 6.92 Å². The topological polar surface area (TPSA) is 74.7 Å². The first-order chi connectivity index (χ1) is 9.36. The first-order valence-corrected chi connectivity index (χ1v) is 8.97. The molecule has 0 aromatic carbocycles. The smallest absolute Gasteiger partial charge is 0.311 e. The van der Waals surface area contributed by atoms with Crippen molar-refractivity contribution in [2.45, 2.75) is 30.4 Å². The Morgan fingerprint density at radius 3 is 2.85 bits per heavy atom. The third-order valence-electron chi connectivity index (χ3n) is 4.57. The molecule has 110 valence electrons. The number of nitrogens with zero attached hydrogens (tertiary/aromatic N) is 1. The lowest BCUT2D eigenvalue weighted by Crippen LogP contribution is -2.37. The second-order valence-corrected chi connectivity index (χ2v) is 8.87. The molecule has 2 aliphatic rings. The van der Waals surface area contributed by atoms with Gasteiger partial charge in [0.2, 0.25) is 0 Å². The molecule has 1 aromatic rings. The number of fused-ring (bicyclic) bond motifs is 1. The van der Waals surface area contributed by atoms with Gasteiger partial charge < -0.3 is 5.11 Å². The van der Waals surface area contributed by atoms with Crippen LogP contribution in [0, 0.1) is 18.3 Å².